The van der Waals surface area contributed by atoms with Gasteiger partial charge in [0, 0.05) is 32.8 Å². The maximum Gasteiger partial charge on any atom is 0.251 e. The molecule has 1 spiro atoms. The van der Waals surface area contributed by atoms with Gasteiger partial charge in [-0.15, -0.1) is 0 Å². The minimum absolute atomic E-state index is 0.00300. The number of likely N-dealkylation sites (N-methyl/N-ethyl adjacent to an activating group) is 1. The Hall–Kier alpha value is -3.22. The summed E-state index contributed by atoms with van der Waals surface area (Å²) in [7, 11) is 3.51. The van der Waals surface area contributed by atoms with Crippen LogP contribution in [-0.2, 0) is 34.7 Å². The number of pyridine rings is 1. The van der Waals surface area contributed by atoms with Crippen molar-refractivity contribution < 1.29 is 14.3 Å². The summed E-state index contributed by atoms with van der Waals surface area (Å²) in [6, 6.07) is 22.5. The van der Waals surface area contributed by atoms with Crippen LogP contribution < -0.4 is 4.74 Å². The summed E-state index contributed by atoms with van der Waals surface area (Å²) in [6.45, 7) is 2.57. The van der Waals surface area contributed by atoms with Crippen molar-refractivity contribution in [2.75, 3.05) is 20.8 Å². The molecule has 0 saturated carbocycles. The first-order chi connectivity index (χ1) is 16.1. The molecule has 33 heavy (non-hydrogen) atoms. The van der Waals surface area contributed by atoms with Gasteiger partial charge in [-0.05, 0) is 41.0 Å². The van der Waals surface area contributed by atoms with E-state index in [9.17, 15) is 4.79 Å². The van der Waals surface area contributed by atoms with Crippen LogP contribution in [0.25, 0.3) is 0 Å². The fourth-order valence-electron chi connectivity index (χ4n) is 5.13. The highest BCUT2D eigenvalue weighted by Gasteiger charge is 2.52. The molecule has 1 aromatic heterocycles. The van der Waals surface area contributed by atoms with Gasteiger partial charge in [-0.2, -0.15) is 0 Å². The molecule has 2 aromatic carbocycles. The van der Waals surface area contributed by atoms with Crippen molar-refractivity contribution in [3.05, 3.63) is 95.3 Å². The maximum absolute atomic E-state index is 13.3. The number of rotatable bonds is 6. The standard InChI is InChI=1S/C27H29N3O3/c1-29(18-22-10-5-6-13-28-22)26(31)25-15-27(19-33-25)24-12-4-3-9-21(24)17-30(27)16-20-8-7-11-23(14-20)32-2/h3-14,25H,15-19H2,1-2H3/t25-,27+/m1/s1. The zero-order chi connectivity index (χ0) is 22.8. The van der Waals surface area contributed by atoms with Gasteiger partial charge < -0.3 is 14.4 Å². The molecular weight excluding hydrogens is 414 g/mol. The van der Waals surface area contributed by atoms with Gasteiger partial charge in [0.25, 0.3) is 5.91 Å². The molecule has 1 saturated heterocycles. The number of nitrogens with zero attached hydrogens (tertiary/aromatic N) is 3. The lowest BCUT2D eigenvalue weighted by Crippen LogP contribution is -2.42. The van der Waals surface area contributed by atoms with Gasteiger partial charge in [0.2, 0.25) is 0 Å². The monoisotopic (exact) mass is 443 g/mol. The van der Waals surface area contributed by atoms with Crippen LogP contribution in [0.2, 0.25) is 0 Å². The van der Waals surface area contributed by atoms with Crippen LogP contribution >= 0.6 is 0 Å². The second-order valence-corrected chi connectivity index (χ2v) is 8.92. The molecule has 6 heteroatoms. The number of fused-ring (bicyclic) bond motifs is 2. The molecule has 1 amide bonds. The van der Waals surface area contributed by atoms with Crippen LogP contribution in [0.15, 0.2) is 72.9 Å². The zero-order valence-corrected chi connectivity index (χ0v) is 19.1. The molecule has 2 atom stereocenters. The minimum atomic E-state index is -0.474. The lowest BCUT2D eigenvalue weighted by atomic mass is 9.86. The Kier molecular flexibility index (Phi) is 5.87. The van der Waals surface area contributed by atoms with Crippen molar-refractivity contribution >= 4 is 5.91 Å². The van der Waals surface area contributed by atoms with Crippen molar-refractivity contribution in [1.82, 2.24) is 14.8 Å². The van der Waals surface area contributed by atoms with Crippen molar-refractivity contribution in [3.8, 4) is 5.75 Å². The molecular formula is C27H29N3O3. The Labute approximate surface area is 194 Å². The molecule has 0 aliphatic carbocycles. The van der Waals surface area contributed by atoms with Crippen LogP contribution in [-0.4, -0.2) is 47.6 Å². The molecule has 170 valence electrons. The van der Waals surface area contributed by atoms with E-state index in [2.05, 4.69) is 46.3 Å². The van der Waals surface area contributed by atoms with Gasteiger partial charge in [-0.1, -0.05) is 42.5 Å². The lowest BCUT2D eigenvalue weighted by molar-refractivity contribution is -0.140. The van der Waals surface area contributed by atoms with Crippen LogP contribution in [0.3, 0.4) is 0 Å². The number of hydrogen-bond donors (Lipinski definition) is 0. The summed E-state index contributed by atoms with van der Waals surface area (Å²) in [5.41, 5.74) is 4.32. The van der Waals surface area contributed by atoms with E-state index in [1.54, 1.807) is 18.2 Å². The van der Waals surface area contributed by atoms with Gasteiger partial charge in [-0.3, -0.25) is 14.7 Å². The third kappa shape index (κ3) is 4.12. The predicted octanol–water partition coefficient (Wildman–Crippen LogP) is 3.75. The Bertz CT molecular complexity index is 1140. The summed E-state index contributed by atoms with van der Waals surface area (Å²) >= 11 is 0. The lowest BCUT2D eigenvalue weighted by Gasteiger charge is -2.35. The molecule has 2 aliphatic rings. The highest BCUT2D eigenvalue weighted by Crippen LogP contribution is 2.47. The normalized spacial score (nSPS) is 21.8. The Morgan fingerprint density at radius 3 is 2.85 bits per heavy atom. The third-order valence-electron chi connectivity index (χ3n) is 6.82. The smallest absolute Gasteiger partial charge is 0.251 e. The van der Waals surface area contributed by atoms with Gasteiger partial charge in [0.1, 0.15) is 11.9 Å². The van der Waals surface area contributed by atoms with E-state index < -0.39 is 6.10 Å². The number of benzene rings is 2. The fraction of sp³-hybridized carbons (Fsp3) is 0.333. The first-order valence-corrected chi connectivity index (χ1v) is 11.3. The number of carbonyl (C=O) groups excluding carboxylic acids is 1. The van der Waals surface area contributed by atoms with Crippen molar-refractivity contribution in [2.24, 2.45) is 0 Å². The molecule has 0 N–H and O–H groups in total. The van der Waals surface area contributed by atoms with Gasteiger partial charge in [0.05, 0.1) is 31.5 Å². The second kappa shape index (κ2) is 8.96. The van der Waals surface area contributed by atoms with Crippen molar-refractivity contribution in [1.29, 1.82) is 0 Å². The summed E-state index contributed by atoms with van der Waals surface area (Å²) in [6.07, 6.45) is 1.91. The van der Waals surface area contributed by atoms with Gasteiger partial charge in [0.15, 0.2) is 0 Å². The van der Waals surface area contributed by atoms with Crippen LogP contribution in [0.4, 0.5) is 0 Å². The minimum Gasteiger partial charge on any atom is -0.497 e. The summed E-state index contributed by atoms with van der Waals surface area (Å²) in [4.78, 5) is 21.8. The van der Waals surface area contributed by atoms with E-state index in [0.29, 0.717) is 19.6 Å². The number of methoxy groups -OCH3 is 1. The Morgan fingerprint density at radius 1 is 1.18 bits per heavy atom. The van der Waals surface area contributed by atoms with E-state index in [1.165, 1.54) is 16.7 Å². The predicted molar refractivity (Wildman–Crippen MR) is 125 cm³/mol. The molecule has 0 bridgehead atoms. The summed E-state index contributed by atoms with van der Waals surface area (Å²) in [5, 5.41) is 0. The first kappa shape index (κ1) is 21.6. The van der Waals surface area contributed by atoms with Crippen molar-refractivity contribution in [2.45, 2.75) is 37.7 Å². The molecule has 1 fully saturated rings. The maximum atomic E-state index is 13.3. The summed E-state index contributed by atoms with van der Waals surface area (Å²) < 4.78 is 11.6. The van der Waals surface area contributed by atoms with Gasteiger partial charge >= 0.3 is 0 Å². The quantitative estimate of drug-likeness (QED) is 0.581. The van der Waals surface area contributed by atoms with Crippen molar-refractivity contribution in [3.63, 3.8) is 0 Å². The average Bonchev–Trinajstić information content (AvgIpc) is 3.42. The van der Waals surface area contributed by atoms with E-state index in [-0.39, 0.29) is 11.4 Å². The van der Waals surface area contributed by atoms with Gasteiger partial charge in [-0.25, -0.2) is 0 Å². The fourth-order valence-corrected chi connectivity index (χ4v) is 5.13. The van der Waals surface area contributed by atoms with E-state index in [4.69, 9.17) is 9.47 Å². The molecule has 5 rings (SSSR count). The molecule has 3 aromatic rings. The second-order valence-electron chi connectivity index (χ2n) is 8.92. The number of carbonyl (C=O) groups is 1. The molecule has 0 radical (unpaired) electrons. The highest BCUT2D eigenvalue weighted by molar-refractivity contribution is 5.81. The van der Waals surface area contributed by atoms with Crippen LogP contribution in [0.5, 0.6) is 5.75 Å². The molecule has 0 unspecified atom stereocenters. The Balaban J connectivity index is 1.38. The number of amides is 1. The van der Waals surface area contributed by atoms with E-state index in [0.717, 1.165) is 24.5 Å². The molecule has 2 aliphatic heterocycles. The largest absolute Gasteiger partial charge is 0.497 e. The number of aromatic nitrogens is 1. The third-order valence-corrected chi connectivity index (χ3v) is 6.82. The van der Waals surface area contributed by atoms with E-state index >= 15 is 0 Å². The molecule has 3 heterocycles. The molecule has 6 nitrogen and oxygen atoms in total. The topological polar surface area (TPSA) is 54.9 Å². The summed E-state index contributed by atoms with van der Waals surface area (Å²) in [5.74, 6) is 0.855. The number of ether oxygens (including phenoxy) is 2. The van der Waals surface area contributed by atoms with Crippen LogP contribution in [0, 0.1) is 0 Å². The SMILES string of the molecule is COc1cccc(CN2Cc3ccccc3[C@]23CO[C@@H](C(=O)N(C)Cc2ccccn2)C3)c1. The number of hydrogen-bond acceptors (Lipinski definition) is 5. The Morgan fingerprint density at radius 2 is 2.03 bits per heavy atom. The highest BCUT2D eigenvalue weighted by atomic mass is 16.5. The van der Waals surface area contributed by atoms with Crippen LogP contribution in [0.1, 0.15) is 28.8 Å². The zero-order valence-electron chi connectivity index (χ0n) is 19.1. The first-order valence-electron chi connectivity index (χ1n) is 11.3. The average molecular weight is 444 g/mol. The van der Waals surface area contributed by atoms with E-state index in [1.807, 2.05) is 37.4 Å².